The van der Waals surface area contributed by atoms with Crippen LogP contribution in [0, 0.1) is 17.3 Å². The monoisotopic (exact) mass is 338 g/mol. The van der Waals surface area contributed by atoms with Gasteiger partial charge in [0, 0.05) is 4.48 Å². The highest BCUT2D eigenvalue weighted by atomic mass is 79.9. The summed E-state index contributed by atoms with van der Waals surface area (Å²) in [5, 5.41) is 9.19. The molecule has 1 aliphatic carbocycles. The quantitative estimate of drug-likeness (QED) is 0.916. The summed E-state index contributed by atoms with van der Waals surface area (Å²) in [6.07, 6.45) is 1.98. The van der Waals surface area contributed by atoms with Crippen molar-refractivity contribution in [2.45, 2.75) is 13.8 Å². The maximum absolute atomic E-state index is 11.2. The van der Waals surface area contributed by atoms with E-state index in [1.165, 1.54) is 0 Å². The molecule has 0 bridgehead atoms. The smallest absolute Gasteiger partial charge is 0.307 e. The number of halogens is 1. The van der Waals surface area contributed by atoms with Crippen molar-refractivity contribution in [2.75, 3.05) is 6.79 Å². The molecule has 1 heterocycles. The average Bonchev–Trinajstić information content (AvgIpc) is 2.76. The van der Waals surface area contributed by atoms with E-state index in [4.69, 9.17) is 9.47 Å². The molecule has 4 nitrogen and oxygen atoms in total. The first-order valence-electron chi connectivity index (χ1n) is 6.41. The highest BCUT2D eigenvalue weighted by Crippen LogP contribution is 2.60. The molecule has 106 valence electrons. The van der Waals surface area contributed by atoms with E-state index in [9.17, 15) is 9.90 Å². The van der Waals surface area contributed by atoms with E-state index < -0.39 is 5.97 Å². The number of carboxylic acid groups (broad SMARTS) is 1. The Balaban J connectivity index is 1.85. The van der Waals surface area contributed by atoms with Crippen molar-refractivity contribution in [3.63, 3.8) is 0 Å². The Morgan fingerprint density at radius 3 is 2.75 bits per heavy atom. The van der Waals surface area contributed by atoms with Gasteiger partial charge in [0.15, 0.2) is 11.5 Å². The number of ether oxygens (including phenoxy) is 2. The third kappa shape index (κ3) is 2.10. The molecule has 0 saturated heterocycles. The third-order valence-electron chi connectivity index (χ3n) is 4.15. The summed E-state index contributed by atoms with van der Waals surface area (Å²) in [7, 11) is 0. The second kappa shape index (κ2) is 4.52. The van der Waals surface area contributed by atoms with Gasteiger partial charge in [-0.05, 0) is 35.1 Å². The number of hydrogen-bond acceptors (Lipinski definition) is 3. The molecule has 0 radical (unpaired) electrons. The minimum atomic E-state index is -0.734. The Labute approximate surface area is 125 Å². The van der Waals surface area contributed by atoms with Crippen molar-refractivity contribution in [2.24, 2.45) is 17.3 Å². The van der Waals surface area contributed by atoms with Gasteiger partial charge in [-0.3, -0.25) is 4.79 Å². The van der Waals surface area contributed by atoms with Crippen LogP contribution in [0.2, 0.25) is 0 Å². The van der Waals surface area contributed by atoms with Crippen molar-refractivity contribution in [1.82, 2.24) is 0 Å². The molecule has 1 saturated carbocycles. The van der Waals surface area contributed by atoms with Gasteiger partial charge >= 0.3 is 5.97 Å². The second-order valence-electron chi connectivity index (χ2n) is 5.75. The lowest BCUT2D eigenvalue weighted by Crippen LogP contribution is -2.03. The first kappa shape index (κ1) is 13.5. The zero-order valence-corrected chi connectivity index (χ0v) is 12.8. The summed E-state index contributed by atoms with van der Waals surface area (Å²) in [6, 6.07) is 5.69. The van der Waals surface area contributed by atoms with Crippen LogP contribution >= 0.6 is 15.9 Å². The molecule has 2 aliphatic rings. The molecule has 1 aliphatic heterocycles. The Hall–Kier alpha value is -1.49. The summed E-state index contributed by atoms with van der Waals surface area (Å²) in [5.74, 6) is 0.452. The van der Waals surface area contributed by atoms with E-state index in [0.717, 1.165) is 21.5 Å². The van der Waals surface area contributed by atoms with Crippen LogP contribution in [-0.4, -0.2) is 17.9 Å². The number of allylic oxidation sites excluding steroid dienone is 1. The van der Waals surface area contributed by atoms with Crippen molar-refractivity contribution in [1.29, 1.82) is 0 Å². The lowest BCUT2D eigenvalue weighted by Gasteiger charge is -2.03. The zero-order valence-electron chi connectivity index (χ0n) is 11.2. The number of benzene rings is 1. The topological polar surface area (TPSA) is 55.8 Å². The molecule has 5 heteroatoms. The summed E-state index contributed by atoms with van der Waals surface area (Å²) in [6.45, 7) is 4.20. The molecule has 2 unspecified atom stereocenters. The van der Waals surface area contributed by atoms with Crippen molar-refractivity contribution in [3.05, 3.63) is 29.8 Å². The van der Waals surface area contributed by atoms with Crippen LogP contribution in [0.3, 0.4) is 0 Å². The first-order chi connectivity index (χ1) is 9.41. The lowest BCUT2D eigenvalue weighted by molar-refractivity contribution is -0.139. The Morgan fingerprint density at radius 1 is 1.40 bits per heavy atom. The number of fused-ring (bicyclic) bond motifs is 1. The predicted octanol–water partition coefficient (Wildman–Crippen LogP) is 3.51. The van der Waals surface area contributed by atoms with Gasteiger partial charge < -0.3 is 14.6 Å². The van der Waals surface area contributed by atoms with Gasteiger partial charge in [0.2, 0.25) is 6.79 Å². The van der Waals surface area contributed by atoms with E-state index in [1.54, 1.807) is 0 Å². The van der Waals surface area contributed by atoms with Gasteiger partial charge in [-0.25, -0.2) is 0 Å². The molecule has 3 rings (SSSR count). The van der Waals surface area contributed by atoms with E-state index in [1.807, 2.05) is 38.1 Å². The first-order valence-corrected chi connectivity index (χ1v) is 7.20. The number of carboxylic acids is 1. The molecular formula is C15H15BrO4. The standard InChI is InChI=1S/C15H15BrO4/c1-15(2)9(13(15)14(17)18)6-10(16)8-3-4-11-12(5-8)20-7-19-11/h3-6,9,13H,7H2,1-2H3,(H,17,18)/b10-6-. The molecule has 1 N–H and O–H groups in total. The van der Waals surface area contributed by atoms with Crippen molar-refractivity contribution >= 4 is 26.4 Å². The van der Waals surface area contributed by atoms with E-state index >= 15 is 0 Å². The van der Waals surface area contributed by atoms with Crippen LogP contribution in [0.1, 0.15) is 19.4 Å². The third-order valence-corrected chi connectivity index (χ3v) is 4.87. The molecule has 1 fully saturated rings. The fraction of sp³-hybridized carbons (Fsp3) is 0.400. The maximum Gasteiger partial charge on any atom is 0.307 e. The highest BCUT2D eigenvalue weighted by Gasteiger charge is 2.60. The van der Waals surface area contributed by atoms with E-state index in [2.05, 4.69) is 15.9 Å². The average molecular weight is 339 g/mol. The van der Waals surface area contributed by atoms with Gasteiger partial charge in [-0.1, -0.05) is 35.9 Å². The molecule has 0 aromatic heterocycles. The highest BCUT2D eigenvalue weighted by molar-refractivity contribution is 9.15. The summed E-state index contributed by atoms with van der Waals surface area (Å²) >= 11 is 3.53. The summed E-state index contributed by atoms with van der Waals surface area (Å²) in [5.41, 5.74) is 0.766. The second-order valence-corrected chi connectivity index (χ2v) is 6.60. The molecule has 1 aromatic carbocycles. The number of rotatable bonds is 3. The number of carbonyl (C=O) groups is 1. The van der Waals surface area contributed by atoms with Crippen LogP contribution in [0.25, 0.3) is 4.48 Å². The summed E-state index contributed by atoms with van der Waals surface area (Å²) in [4.78, 5) is 11.2. The fourth-order valence-corrected chi connectivity index (χ4v) is 3.29. The summed E-state index contributed by atoms with van der Waals surface area (Å²) < 4.78 is 11.5. The fourth-order valence-electron chi connectivity index (χ4n) is 2.76. The van der Waals surface area contributed by atoms with E-state index in [0.29, 0.717) is 0 Å². The Bertz CT molecular complexity index is 606. The maximum atomic E-state index is 11.2. The predicted molar refractivity (Wildman–Crippen MR) is 77.9 cm³/mol. The van der Waals surface area contributed by atoms with Crippen LogP contribution < -0.4 is 9.47 Å². The van der Waals surface area contributed by atoms with Crippen LogP contribution in [0.4, 0.5) is 0 Å². The van der Waals surface area contributed by atoms with Gasteiger partial charge in [-0.15, -0.1) is 0 Å². The number of aliphatic carboxylic acids is 1. The van der Waals surface area contributed by atoms with Crippen LogP contribution in [0.5, 0.6) is 11.5 Å². The Kier molecular flexibility index (Phi) is 3.05. The zero-order chi connectivity index (χ0) is 14.5. The molecule has 2 atom stereocenters. The number of hydrogen-bond donors (Lipinski definition) is 1. The minimum Gasteiger partial charge on any atom is -0.481 e. The SMILES string of the molecule is CC1(C)C(/C=C(\Br)c2ccc3c(c2)OCO3)C1C(=O)O. The molecule has 0 spiro atoms. The van der Waals surface area contributed by atoms with Crippen LogP contribution in [0.15, 0.2) is 24.3 Å². The van der Waals surface area contributed by atoms with Gasteiger partial charge in [0.25, 0.3) is 0 Å². The van der Waals surface area contributed by atoms with Crippen molar-refractivity contribution in [3.8, 4) is 11.5 Å². The molecule has 0 amide bonds. The van der Waals surface area contributed by atoms with Crippen LogP contribution in [-0.2, 0) is 4.79 Å². The molecular weight excluding hydrogens is 324 g/mol. The van der Waals surface area contributed by atoms with Crippen molar-refractivity contribution < 1.29 is 19.4 Å². The molecule has 1 aromatic rings. The van der Waals surface area contributed by atoms with Gasteiger partial charge in [0.1, 0.15) is 0 Å². The normalized spacial score (nSPS) is 26.4. The van der Waals surface area contributed by atoms with Gasteiger partial charge in [0.05, 0.1) is 5.92 Å². The largest absolute Gasteiger partial charge is 0.481 e. The Morgan fingerprint density at radius 2 is 2.10 bits per heavy atom. The molecule has 20 heavy (non-hydrogen) atoms. The lowest BCUT2D eigenvalue weighted by atomic mass is 10.1. The van der Waals surface area contributed by atoms with Gasteiger partial charge in [-0.2, -0.15) is 0 Å². The van der Waals surface area contributed by atoms with E-state index in [-0.39, 0.29) is 24.0 Å². The minimum absolute atomic E-state index is 0.0415.